The van der Waals surface area contributed by atoms with Crippen LogP contribution in [0.2, 0.25) is 0 Å². The van der Waals surface area contributed by atoms with E-state index in [1.807, 2.05) is 0 Å². The highest BCUT2D eigenvalue weighted by Gasteiger charge is 2.40. The number of fused-ring (bicyclic) bond motifs is 4. The molecule has 0 heterocycles. The SMILES string of the molecule is CC1(C)Cc2c(ccc3ccccc23)C2=C1C(=O)CC2. The summed E-state index contributed by atoms with van der Waals surface area (Å²) in [5.41, 5.74) is 5.14. The first-order valence-electron chi connectivity index (χ1n) is 7.36. The van der Waals surface area contributed by atoms with Crippen molar-refractivity contribution in [3.05, 3.63) is 53.1 Å². The molecule has 0 bridgehead atoms. The highest BCUT2D eigenvalue weighted by atomic mass is 16.1. The molecule has 0 unspecified atom stereocenters. The molecule has 0 atom stereocenters. The van der Waals surface area contributed by atoms with E-state index in [4.69, 9.17) is 0 Å². The minimum absolute atomic E-state index is 0.0277. The van der Waals surface area contributed by atoms with Gasteiger partial charge in [-0.3, -0.25) is 4.79 Å². The van der Waals surface area contributed by atoms with Gasteiger partial charge in [-0.05, 0) is 45.7 Å². The first kappa shape index (κ1) is 11.9. The van der Waals surface area contributed by atoms with Gasteiger partial charge in [0.1, 0.15) is 0 Å². The third-order valence-electron chi connectivity index (χ3n) is 4.84. The lowest BCUT2D eigenvalue weighted by molar-refractivity contribution is -0.115. The molecule has 2 aromatic rings. The van der Waals surface area contributed by atoms with Crippen LogP contribution in [0.5, 0.6) is 0 Å². The van der Waals surface area contributed by atoms with Crippen molar-refractivity contribution in [1.29, 1.82) is 0 Å². The van der Waals surface area contributed by atoms with Crippen LogP contribution < -0.4 is 0 Å². The van der Waals surface area contributed by atoms with Crippen LogP contribution in [0.3, 0.4) is 0 Å². The Kier molecular flexibility index (Phi) is 2.27. The number of Topliss-reactive ketones (excluding diaryl/α,β-unsaturated/α-hetero) is 1. The standard InChI is InChI=1S/C19H18O/c1-19(2)11-16-13-6-4-3-5-12(13)7-8-14(16)15-9-10-17(20)18(15)19/h3-8H,9-11H2,1-2H3. The number of hydrogen-bond acceptors (Lipinski definition) is 1. The summed E-state index contributed by atoms with van der Waals surface area (Å²) in [6.45, 7) is 4.44. The normalized spacial score (nSPS) is 20.2. The summed E-state index contributed by atoms with van der Waals surface area (Å²) in [5.74, 6) is 0.365. The average Bonchev–Trinajstić information content (AvgIpc) is 2.82. The summed E-state index contributed by atoms with van der Waals surface area (Å²) in [6, 6.07) is 13.0. The van der Waals surface area contributed by atoms with Gasteiger partial charge in [0, 0.05) is 12.0 Å². The van der Waals surface area contributed by atoms with Crippen LogP contribution in [0.25, 0.3) is 16.3 Å². The third-order valence-corrected chi connectivity index (χ3v) is 4.84. The van der Waals surface area contributed by atoms with E-state index in [2.05, 4.69) is 50.2 Å². The highest BCUT2D eigenvalue weighted by molar-refractivity contribution is 6.10. The number of rotatable bonds is 0. The molecule has 20 heavy (non-hydrogen) atoms. The van der Waals surface area contributed by atoms with Crippen LogP contribution in [-0.2, 0) is 11.2 Å². The lowest BCUT2D eigenvalue weighted by Crippen LogP contribution is -2.26. The van der Waals surface area contributed by atoms with Gasteiger partial charge in [0.25, 0.3) is 0 Å². The molecule has 0 saturated heterocycles. The second kappa shape index (κ2) is 3.82. The fraction of sp³-hybridized carbons (Fsp3) is 0.316. The van der Waals surface area contributed by atoms with Crippen LogP contribution in [0.15, 0.2) is 42.0 Å². The Labute approximate surface area is 119 Å². The number of carbonyl (C=O) groups excluding carboxylic acids is 1. The minimum atomic E-state index is -0.0277. The van der Waals surface area contributed by atoms with Crippen molar-refractivity contribution in [2.45, 2.75) is 33.1 Å². The zero-order chi connectivity index (χ0) is 13.9. The quantitative estimate of drug-likeness (QED) is 0.681. The molecule has 4 rings (SSSR count). The monoisotopic (exact) mass is 262 g/mol. The van der Waals surface area contributed by atoms with Crippen molar-refractivity contribution in [3.63, 3.8) is 0 Å². The molecule has 0 radical (unpaired) electrons. The fourth-order valence-electron chi connectivity index (χ4n) is 4.05. The van der Waals surface area contributed by atoms with Crippen molar-refractivity contribution >= 4 is 22.1 Å². The van der Waals surface area contributed by atoms with E-state index >= 15 is 0 Å². The predicted octanol–water partition coefficient (Wildman–Crippen LogP) is 4.54. The summed E-state index contributed by atoms with van der Waals surface area (Å²) in [5, 5.41) is 2.65. The molecule has 0 amide bonds. The van der Waals surface area contributed by atoms with E-state index < -0.39 is 0 Å². The van der Waals surface area contributed by atoms with Gasteiger partial charge >= 0.3 is 0 Å². The van der Waals surface area contributed by atoms with E-state index in [0.717, 1.165) is 18.4 Å². The van der Waals surface area contributed by atoms with E-state index in [-0.39, 0.29) is 5.41 Å². The van der Waals surface area contributed by atoms with Crippen molar-refractivity contribution in [2.75, 3.05) is 0 Å². The van der Waals surface area contributed by atoms with Crippen molar-refractivity contribution in [1.82, 2.24) is 0 Å². The molecule has 0 aliphatic heterocycles. The van der Waals surface area contributed by atoms with Gasteiger partial charge in [0.2, 0.25) is 0 Å². The Morgan fingerprint density at radius 3 is 2.65 bits per heavy atom. The van der Waals surface area contributed by atoms with Gasteiger partial charge < -0.3 is 0 Å². The van der Waals surface area contributed by atoms with E-state index in [1.165, 1.54) is 27.5 Å². The molecule has 100 valence electrons. The number of hydrogen-bond donors (Lipinski definition) is 0. The molecule has 0 aromatic heterocycles. The maximum absolute atomic E-state index is 12.2. The second-order valence-corrected chi connectivity index (χ2v) is 6.65. The molecular weight excluding hydrogens is 244 g/mol. The average molecular weight is 262 g/mol. The third kappa shape index (κ3) is 1.46. The molecule has 0 spiro atoms. The Bertz CT molecular complexity index is 777. The summed E-state index contributed by atoms with van der Waals surface area (Å²) in [7, 11) is 0. The molecule has 2 aliphatic rings. The summed E-state index contributed by atoms with van der Waals surface area (Å²) < 4.78 is 0. The minimum Gasteiger partial charge on any atom is -0.295 e. The summed E-state index contributed by atoms with van der Waals surface area (Å²) in [6.07, 6.45) is 2.58. The second-order valence-electron chi connectivity index (χ2n) is 6.65. The molecule has 0 saturated carbocycles. The van der Waals surface area contributed by atoms with Gasteiger partial charge in [-0.15, -0.1) is 0 Å². The number of carbonyl (C=O) groups is 1. The topological polar surface area (TPSA) is 17.1 Å². The fourth-order valence-corrected chi connectivity index (χ4v) is 4.05. The Morgan fingerprint density at radius 1 is 1.00 bits per heavy atom. The largest absolute Gasteiger partial charge is 0.295 e. The Hall–Kier alpha value is -1.89. The molecular formula is C19H18O. The van der Waals surface area contributed by atoms with Gasteiger partial charge in [-0.25, -0.2) is 0 Å². The van der Waals surface area contributed by atoms with Crippen LogP contribution in [0.1, 0.15) is 37.8 Å². The number of allylic oxidation sites excluding steroid dienone is 2. The molecule has 0 fully saturated rings. The van der Waals surface area contributed by atoms with Crippen LogP contribution in [-0.4, -0.2) is 5.78 Å². The zero-order valence-electron chi connectivity index (χ0n) is 12.0. The van der Waals surface area contributed by atoms with Crippen molar-refractivity contribution < 1.29 is 4.79 Å². The maximum Gasteiger partial charge on any atom is 0.160 e. The molecule has 1 heteroatoms. The molecule has 1 nitrogen and oxygen atoms in total. The van der Waals surface area contributed by atoms with E-state index in [0.29, 0.717) is 12.2 Å². The molecule has 0 N–H and O–H groups in total. The predicted molar refractivity (Wildman–Crippen MR) is 82.6 cm³/mol. The van der Waals surface area contributed by atoms with Crippen LogP contribution in [0.4, 0.5) is 0 Å². The highest BCUT2D eigenvalue weighted by Crippen LogP contribution is 2.49. The van der Waals surface area contributed by atoms with E-state index in [1.54, 1.807) is 0 Å². The lowest BCUT2D eigenvalue weighted by Gasteiger charge is -2.33. The first-order valence-corrected chi connectivity index (χ1v) is 7.36. The summed E-state index contributed by atoms with van der Waals surface area (Å²) >= 11 is 0. The lowest BCUT2D eigenvalue weighted by atomic mass is 9.69. The number of ketones is 1. The van der Waals surface area contributed by atoms with Crippen LogP contribution >= 0.6 is 0 Å². The molecule has 2 aromatic carbocycles. The number of benzene rings is 2. The Morgan fingerprint density at radius 2 is 1.80 bits per heavy atom. The Balaban J connectivity index is 2.08. The van der Waals surface area contributed by atoms with Gasteiger partial charge in [0.05, 0.1) is 0 Å². The van der Waals surface area contributed by atoms with Crippen molar-refractivity contribution in [3.8, 4) is 0 Å². The van der Waals surface area contributed by atoms with E-state index in [9.17, 15) is 4.79 Å². The maximum atomic E-state index is 12.2. The first-order chi connectivity index (χ1) is 9.58. The van der Waals surface area contributed by atoms with Gasteiger partial charge in [-0.1, -0.05) is 50.2 Å². The smallest absolute Gasteiger partial charge is 0.160 e. The zero-order valence-corrected chi connectivity index (χ0v) is 12.0. The van der Waals surface area contributed by atoms with Crippen LogP contribution in [0, 0.1) is 5.41 Å². The molecule has 2 aliphatic carbocycles. The van der Waals surface area contributed by atoms with Gasteiger partial charge in [0.15, 0.2) is 5.78 Å². The summed E-state index contributed by atoms with van der Waals surface area (Å²) in [4.78, 5) is 12.2. The van der Waals surface area contributed by atoms with Crippen molar-refractivity contribution in [2.24, 2.45) is 5.41 Å². The van der Waals surface area contributed by atoms with Gasteiger partial charge in [-0.2, -0.15) is 0 Å².